The third-order valence-corrected chi connectivity index (χ3v) is 3.78. The summed E-state index contributed by atoms with van der Waals surface area (Å²) in [5, 5.41) is 3.02. The van der Waals surface area contributed by atoms with E-state index < -0.39 is 0 Å². The highest BCUT2D eigenvalue weighted by atomic mass is 35.5. The molecule has 0 bridgehead atoms. The van der Waals surface area contributed by atoms with Gasteiger partial charge in [0.15, 0.2) is 0 Å². The molecule has 0 aromatic carbocycles. The van der Waals surface area contributed by atoms with Crippen molar-refractivity contribution in [1.29, 1.82) is 0 Å². The maximum Gasteiger partial charge on any atom is 0.278 e. The van der Waals surface area contributed by atoms with Crippen LogP contribution in [0.3, 0.4) is 0 Å². The van der Waals surface area contributed by atoms with Crippen molar-refractivity contribution in [2.45, 2.75) is 58.0 Å². The first-order valence-corrected chi connectivity index (χ1v) is 6.94. The molecule has 1 heterocycles. The van der Waals surface area contributed by atoms with Gasteiger partial charge in [-0.3, -0.25) is 14.5 Å². The molecule has 0 unspecified atom stereocenters. The van der Waals surface area contributed by atoms with E-state index in [9.17, 15) is 9.59 Å². The lowest BCUT2D eigenvalue weighted by molar-refractivity contribution is -0.140. The predicted octanol–water partition coefficient (Wildman–Crippen LogP) is 2.14. The Morgan fingerprint density at radius 3 is 2.33 bits per heavy atom. The summed E-state index contributed by atoms with van der Waals surface area (Å²) < 4.78 is 0. The van der Waals surface area contributed by atoms with Gasteiger partial charge >= 0.3 is 0 Å². The summed E-state index contributed by atoms with van der Waals surface area (Å²) in [6.07, 6.45) is 5.14. The first kappa shape index (κ1) is 13.4. The third-order valence-electron chi connectivity index (χ3n) is 3.43. The third kappa shape index (κ3) is 2.39. The van der Waals surface area contributed by atoms with E-state index in [0.717, 1.165) is 25.7 Å². The number of carbonyl (C=O) groups excluding carboxylic acids is 2. The number of hydrogen-bond donors (Lipinski definition) is 1. The van der Waals surface area contributed by atoms with Gasteiger partial charge in [0.25, 0.3) is 11.8 Å². The zero-order valence-electron chi connectivity index (χ0n) is 10.8. The van der Waals surface area contributed by atoms with E-state index in [1.54, 1.807) is 0 Å². The van der Waals surface area contributed by atoms with E-state index in [2.05, 4.69) is 5.32 Å². The Morgan fingerprint density at radius 2 is 1.78 bits per heavy atom. The molecule has 0 saturated heterocycles. The van der Waals surface area contributed by atoms with Gasteiger partial charge < -0.3 is 5.32 Å². The first-order chi connectivity index (χ1) is 8.52. The second kappa shape index (κ2) is 5.31. The van der Waals surface area contributed by atoms with Crippen LogP contribution in [0.2, 0.25) is 0 Å². The Kier molecular flexibility index (Phi) is 3.95. The van der Waals surface area contributed by atoms with Gasteiger partial charge in [-0.25, -0.2) is 0 Å². The summed E-state index contributed by atoms with van der Waals surface area (Å²) in [6.45, 7) is 3.83. The quantitative estimate of drug-likeness (QED) is 0.800. The Labute approximate surface area is 112 Å². The molecule has 1 aliphatic carbocycles. The average Bonchev–Trinajstić information content (AvgIpc) is 2.54. The number of carbonyl (C=O) groups is 2. The van der Waals surface area contributed by atoms with Crippen LogP contribution in [-0.2, 0) is 9.59 Å². The molecule has 1 N–H and O–H groups in total. The van der Waals surface area contributed by atoms with Crippen molar-refractivity contribution >= 4 is 23.4 Å². The molecule has 4 nitrogen and oxygen atoms in total. The molecule has 100 valence electrons. The van der Waals surface area contributed by atoms with Crippen molar-refractivity contribution in [2.24, 2.45) is 0 Å². The highest BCUT2D eigenvalue weighted by molar-refractivity contribution is 6.47. The Morgan fingerprint density at radius 1 is 1.17 bits per heavy atom. The summed E-state index contributed by atoms with van der Waals surface area (Å²) in [5.74, 6) is -0.595. The van der Waals surface area contributed by atoms with Crippen LogP contribution in [0.1, 0.15) is 46.0 Å². The lowest BCUT2D eigenvalue weighted by Crippen LogP contribution is -2.43. The van der Waals surface area contributed by atoms with Crippen molar-refractivity contribution in [1.82, 2.24) is 10.2 Å². The number of nitrogens with one attached hydrogen (secondary N) is 1. The van der Waals surface area contributed by atoms with E-state index >= 15 is 0 Å². The van der Waals surface area contributed by atoms with Gasteiger partial charge in [0.1, 0.15) is 10.7 Å². The molecule has 1 fully saturated rings. The topological polar surface area (TPSA) is 49.4 Å². The molecule has 0 atom stereocenters. The summed E-state index contributed by atoms with van der Waals surface area (Å²) in [7, 11) is 0. The van der Waals surface area contributed by atoms with E-state index in [0.29, 0.717) is 0 Å². The molecule has 0 aromatic rings. The van der Waals surface area contributed by atoms with Gasteiger partial charge in [0.2, 0.25) is 0 Å². The molecule has 0 spiro atoms. The van der Waals surface area contributed by atoms with Gasteiger partial charge in [-0.1, -0.05) is 30.9 Å². The SMILES string of the molecule is CC(C)NC1=C(Cl)C(=O)N(C2CCCCC2)C1=O. The van der Waals surface area contributed by atoms with Crippen molar-refractivity contribution in [2.75, 3.05) is 0 Å². The molecular weight excluding hydrogens is 252 g/mol. The minimum absolute atomic E-state index is 0.0268. The largest absolute Gasteiger partial charge is 0.377 e. The van der Waals surface area contributed by atoms with Crippen molar-refractivity contribution in [3.8, 4) is 0 Å². The first-order valence-electron chi connectivity index (χ1n) is 6.56. The number of nitrogens with zero attached hydrogens (tertiary/aromatic N) is 1. The minimum atomic E-state index is -0.336. The predicted molar refractivity (Wildman–Crippen MR) is 69.9 cm³/mol. The van der Waals surface area contributed by atoms with Crippen LogP contribution in [0.25, 0.3) is 0 Å². The molecule has 1 saturated carbocycles. The van der Waals surface area contributed by atoms with Crippen molar-refractivity contribution < 1.29 is 9.59 Å². The Balaban J connectivity index is 2.17. The van der Waals surface area contributed by atoms with Gasteiger partial charge in [0, 0.05) is 12.1 Å². The zero-order valence-corrected chi connectivity index (χ0v) is 11.6. The normalized spacial score (nSPS) is 22.3. The Bertz CT molecular complexity index is 398. The molecule has 1 aliphatic heterocycles. The van der Waals surface area contributed by atoms with Gasteiger partial charge in [0.05, 0.1) is 0 Å². The fraction of sp³-hybridized carbons (Fsp3) is 0.692. The second-order valence-corrected chi connectivity index (χ2v) is 5.64. The molecule has 0 radical (unpaired) electrons. The Hall–Kier alpha value is -1.03. The van der Waals surface area contributed by atoms with Crippen LogP contribution in [0, 0.1) is 0 Å². The molecule has 0 aromatic heterocycles. The van der Waals surface area contributed by atoms with E-state index in [-0.39, 0.29) is 34.6 Å². The fourth-order valence-corrected chi connectivity index (χ4v) is 2.83. The molecular formula is C13H19ClN2O2. The highest BCUT2D eigenvalue weighted by Gasteiger charge is 2.41. The highest BCUT2D eigenvalue weighted by Crippen LogP contribution is 2.30. The van der Waals surface area contributed by atoms with E-state index in [1.165, 1.54) is 11.3 Å². The van der Waals surface area contributed by atoms with Crippen molar-refractivity contribution in [3.63, 3.8) is 0 Å². The maximum atomic E-state index is 12.3. The number of amides is 2. The summed E-state index contributed by atoms with van der Waals surface area (Å²) in [4.78, 5) is 25.7. The fourth-order valence-electron chi connectivity index (χ4n) is 2.60. The maximum absolute atomic E-state index is 12.3. The van der Waals surface area contributed by atoms with Crippen LogP contribution >= 0.6 is 11.6 Å². The number of hydrogen-bond acceptors (Lipinski definition) is 3. The summed E-state index contributed by atoms with van der Waals surface area (Å²) in [6, 6.07) is 0.107. The molecule has 2 amide bonds. The zero-order chi connectivity index (χ0) is 13.3. The minimum Gasteiger partial charge on any atom is -0.377 e. The standard InChI is InChI=1S/C13H19ClN2O2/c1-8(2)15-11-10(14)12(17)16(13(11)18)9-6-4-3-5-7-9/h8-9,15H,3-7H2,1-2H3. The van der Waals surface area contributed by atoms with Crippen LogP contribution in [-0.4, -0.2) is 28.8 Å². The van der Waals surface area contributed by atoms with E-state index in [1.807, 2.05) is 13.8 Å². The second-order valence-electron chi connectivity index (χ2n) is 5.26. The van der Waals surface area contributed by atoms with Crippen LogP contribution in [0.15, 0.2) is 10.7 Å². The van der Waals surface area contributed by atoms with Gasteiger partial charge in [-0.15, -0.1) is 0 Å². The molecule has 2 aliphatic rings. The van der Waals surface area contributed by atoms with Gasteiger partial charge in [-0.2, -0.15) is 0 Å². The molecule has 2 rings (SSSR count). The number of rotatable bonds is 3. The summed E-state index contributed by atoms with van der Waals surface area (Å²) in [5.41, 5.74) is 0.266. The average molecular weight is 271 g/mol. The number of halogens is 1. The van der Waals surface area contributed by atoms with Crippen LogP contribution < -0.4 is 5.32 Å². The van der Waals surface area contributed by atoms with Crippen LogP contribution in [0.4, 0.5) is 0 Å². The van der Waals surface area contributed by atoms with Gasteiger partial charge in [-0.05, 0) is 26.7 Å². The van der Waals surface area contributed by atoms with E-state index in [4.69, 9.17) is 11.6 Å². The monoisotopic (exact) mass is 270 g/mol. The lowest BCUT2D eigenvalue weighted by atomic mass is 9.94. The number of imide groups is 1. The smallest absolute Gasteiger partial charge is 0.278 e. The lowest BCUT2D eigenvalue weighted by Gasteiger charge is -2.29. The van der Waals surface area contributed by atoms with Crippen molar-refractivity contribution in [3.05, 3.63) is 10.7 Å². The molecule has 18 heavy (non-hydrogen) atoms. The van der Waals surface area contributed by atoms with Crippen LogP contribution in [0.5, 0.6) is 0 Å². The molecule has 5 heteroatoms. The summed E-state index contributed by atoms with van der Waals surface area (Å²) >= 11 is 5.99.